The van der Waals surface area contributed by atoms with E-state index in [2.05, 4.69) is 71.0 Å². The smallest absolute Gasteiger partial charge is 0.0533 e. The molecule has 0 nitrogen and oxygen atoms in total. The van der Waals surface area contributed by atoms with Crippen LogP contribution in [0.25, 0.3) is 5.57 Å². The molecule has 0 aromatic heterocycles. The minimum absolute atomic E-state index is 0.222. The van der Waals surface area contributed by atoms with E-state index >= 15 is 0 Å². The Hall–Kier alpha value is -1.21. The molecule has 20 heavy (non-hydrogen) atoms. The molecule has 0 amide bonds. The summed E-state index contributed by atoms with van der Waals surface area (Å²) in [7, 11) is 0. The largest absolute Gasteiger partial charge is 0.118 e. The van der Waals surface area contributed by atoms with Gasteiger partial charge in [0.1, 0.15) is 0 Å². The van der Waals surface area contributed by atoms with Gasteiger partial charge in [-0.15, -0.1) is 11.8 Å². The molecular weight excluding hydrogens is 260 g/mol. The van der Waals surface area contributed by atoms with Gasteiger partial charge in [-0.05, 0) is 46.4 Å². The van der Waals surface area contributed by atoms with Gasteiger partial charge in [0, 0.05) is 0 Å². The second-order valence-electron chi connectivity index (χ2n) is 6.81. The van der Waals surface area contributed by atoms with Gasteiger partial charge in [-0.25, -0.2) is 0 Å². The van der Waals surface area contributed by atoms with Crippen molar-refractivity contribution in [1.29, 1.82) is 0 Å². The van der Waals surface area contributed by atoms with Crippen LogP contribution in [0, 0.1) is 0 Å². The Morgan fingerprint density at radius 1 is 1.00 bits per heavy atom. The predicted molar refractivity (Wildman–Crippen MR) is 91.0 cm³/mol. The van der Waals surface area contributed by atoms with Crippen LogP contribution in [0.1, 0.15) is 45.7 Å². The van der Waals surface area contributed by atoms with Crippen LogP contribution in [0.5, 0.6) is 0 Å². The molecule has 3 rings (SSSR count). The van der Waals surface area contributed by atoms with E-state index in [4.69, 9.17) is 0 Å². The highest BCUT2D eigenvalue weighted by molar-refractivity contribution is 8.04. The van der Waals surface area contributed by atoms with Crippen LogP contribution in [0.15, 0.2) is 52.5 Å². The molecule has 0 radical (unpaired) electrons. The first kappa shape index (κ1) is 13.8. The van der Waals surface area contributed by atoms with E-state index in [-0.39, 0.29) is 5.41 Å². The molecule has 0 saturated carbocycles. The van der Waals surface area contributed by atoms with Crippen molar-refractivity contribution in [2.45, 2.75) is 45.3 Å². The van der Waals surface area contributed by atoms with Crippen molar-refractivity contribution in [3.63, 3.8) is 0 Å². The van der Waals surface area contributed by atoms with Crippen molar-refractivity contribution in [3.05, 3.63) is 63.6 Å². The second kappa shape index (κ2) is 4.66. The van der Waals surface area contributed by atoms with Crippen LogP contribution in [0.4, 0.5) is 0 Å². The Bertz CT molecular complexity index is 633. The third kappa shape index (κ3) is 2.29. The van der Waals surface area contributed by atoms with E-state index in [9.17, 15) is 0 Å². The van der Waals surface area contributed by atoms with Crippen molar-refractivity contribution in [1.82, 2.24) is 0 Å². The predicted octanol–water partition coefficient (Wildman–Crippen LogP) is 5.72. The topological polar surface area (TPSA) is 0 Å². The lowest BCUT2D eigenvalue weighted by molar-refractivity contribution is 0.590. The fraction of sp³-hybridized carbons (Fsp3) is 0.368. The van der Waals surface area contributed by atoms with E-state index in [1.807, 2.05) is 11.8 Å². The van der Waals surface area contributed by atoms with Crippen LogP contribution in [-0.2, 0) is 5.41 Å². The van der Waals surface area contributed by atoms with E-state index in [0.29, 0.717) is 5.25 Å². The summed E-state index contributed by atoms with van der Waals surface area (Å²) in [6.45, 7) is 11.2. The molecule has 0 saturated heterocycles. The fourth-order valence-corrected chi connectivity index (χ4v) is 4.31. The molecule has 0 spiro atoms. The minimum Gasteiger partial charge on any atom is -0.118 e. The molecular formula is C19H22S. The van der Waals surface area contributed by atoms with Gasteiger partial charge in [0.05, 0.1) is 5.25 Å². The molecule has 2 aliphatic rings. The number of fused-ring (bicyclic) bond motifs is 1. The third-order valence-electron chi connectivity index (χ3n) is 4.09. The number of hydrogen-bond acceptors (Lipinski definition) is 1. The van der Waals surface area contributed by atoms with Gasteiger partial charge >= 0.3 is 0 Å². The quantitative estimate of drug-likeness (QED) is 0.635. The van der Waals surface area contributed by atoms with E-state index in [0.717, 1.165) is 0 Å². The Labute approximate surface area is 126 Å². The van der Waals surface area contributed by atoms with Gasteiger partial charge in [0.15, 0.2) is 0 Å². The van der Waals surface area contributed by atoms with E-state index < -0.39 is 0 Å². The Kier molecular flexibility index (Phi) is 3.21. The highest BCUT2D eigenvalue weighted by Crippen LogP contribution is 2.50. The molecule has 1 atom stereocenters. The standard InChI is InChI=1S/C19H22S/c1-12-10-16-17(11-12)20-13(2)18(16)14-6-8-15(9-7-14)19(3,4)5/h6-11,17H,1-5H3. The Morgan fingerprint density at radius 2 is 1.65 bits per heavy atom. The average molecular weight is 282 g/mol. The lowest BCUT2D eigenvalue weighted by atomic mass is 9.85. The number of benzene rings is 1. The van der Waals surface area contributed by atoms with Crippen molar-refractivity contribution in [3.8, 4) is 0 Å². The molecule has 0 N–H and O–H groups in total. The van der Waals surface area contributed by atoms with Crippen molar-refractivity contribution >= 4 is 17.3 Å². The summed E-state index contributed by atoms with van der Waals surface area (Å²) in [5.41, 5.74) is 7.33. The van der Waals surface area contributed by atoms with Crippen LogP contribution < -0.4 is 0 Å². The first-order valence-electron chi connectivity index (χ1n) is 7.25. The summed E-state index contributed by atoms with van der Waals surface area (Å²) >= 11 is 1.99. The normalized spacial score (nSPS) is 21.9. The van der Waals surface area contributed by atoms with Gasteiger partial charge in [0.25, 0.3) is 0 Å². The lowest BCUT2D eigenvalue weighted by Crippen LogP contribution is -2.10. The maximum Gasteiger partial charge on any atom is 0.0533 e. The monoisotopic (exact) mass is 282 g/mol. The van der Waals surface area contributed by atoms with Gasteiger partial charge in [-0.3, -0.25) is 0 Å². The van der Waals surface area contributed by atoms with Gasteiger partial charge in [-0.1, -0.05) is 62.8 Å². The highest BCUT2D eigenvalue weighted by atomic mass is 32.2. The maximum atomic E-state index is 2.38. The number of allylic oxidation sites excluding steroid dienone is 4. The maximum absolute atomic E-state index is 2.38. The first-order valence-corrected chi connectivity index (χ1v) is 8.13. The summed E-state index contributed by atoms with van der Waals surface area (Å²) < 4.78 is 0. The second-order valence-corrected chi connectivity index (χ2v) is 8.16. The van der Waals surface area contributed by atoms with Crippen LogP contribution >= 0.6 is 11.8 Å². The average Bonchev–Trinajstić information content (AvgIpc) is 2.82. The van der Waals surface area contributed by atoms with Crippen molar-refractivity contribution in [2.24, 2.45) is 0 Å². The van der Waals surface area contributed by atoms with E-state index in [1.165, 1.54) is 32.8 Å². The van der Waals surface area contributed by atoms with Gasteiger partial charge < -0.3 is 0 Å². The summed E-state index contributed by atoms with van der Waals surface area (Å²) in [5, 5.41) is 0.548. The number of hydrogen-bond donors (Lipinski definition) is 0. The molecule has 0 fully saturated rings. The number of thioether (sulfide) groups is 1. The molecule has 104 valence electrons. The Balaban J connectivity index is 1.98. The van der Waals surface area contributed by atoms with Crippen LogP contribution in [0.3, 0.4) is 0 Å². The van der Waals surface area contributed by atoms with E-state index in [1.54, 1.807) is 0 Å². The molecule has 1 aliphatic heterocycles. The molecule has 1 aromatic carbocycles. The van der Waals surface area contributed by atoms with Crippen LogP contribution in [0.2, 0.25) is 0 Å². The third-order valence-corrected chi connectivity index (χ3v) is 5.29. The van der Waals surface area contributed by atoms with Crippen LogP contribution in [-0.4, -0.2) is 5.25 Å². The van der Waals surface area contributed by atoms with Gasteiger partial charge in [0.2, 0.25) is 0 Å². The van der Waals surface area contributed by atoms with Crippen molar-refractivity contribution < 1.29 is 0 Å². The summed E-state index contributed by atoms with van der Waals surface area (Å²) in [5.74, 6) is 0. The zero-order valence-electron chi connectivity index (χ0n) is 12.9. The first-order chi connectivity index (χ1) is 9.36. The molecule has 1 heteroatoms. The number of rotatable bonds is 1. The summed E-state index contributed by atoms with van der Waals surface area (Å²) in [4.78, 5) is 1.45. The lowest BCUT2D eigenvalue weighted by Gasteiger charge is -2.19. The van der Waals surface area contributed by atoms with Gasteiger partial charge in [-0.2, -0.15) is 0 Å². The summed E-state index contributed by atoms with van der Waals surface area (Å²) in [6.07, 6.45) is 4.72. The zero-order valence-corrected chi connectivity index (χ0v) is 13.8. The highest BCUT2D eigenvalue weighted by Gasteiger charge is 2.30. The molecule has 1 aromatic rings. The van der Waals surface area contributed by atoms with Crippen molar-refractivity contribution in [2.75, 3.05) is 0 Å². The molecule has 0 bridgehead atoms. The minimum atomic E-state index is 0.222. The molecule has 1 unspecified atom stereocenters. The zero-order chi connectivity index (χ0) is 14.5. The Morgan fingerprint density at radius 3 is 2.25 bits per heavy atom. The summed E-state index contributed by atoms with van der Waals surface area (Å²) in [6, 6.07) is 9.14. The fourth-order valence-electron chi connectivity index (χ4n) is 2.98. The SMILES string of the molecule is CC1=CC2SC(C)=C(c3ccc(C(C)(C)C)cc3)C2=C1. The molecule has 1 aliphatic carbocycles. The molecule has 1 heterocycles.